The van der Waals surface area contributed by atoms with Crippen molar-refractivity contribution in [1.29, 1.82) is 0 Å². The Labute approximate surface area is 78.9 Å². The summed E-state index contributed by atoms with van der Waals surface area (Å²) in [5.41, 5.74) is 0.665. The highest BCUT2D eigenvalue weighted by atomic mass is 79.9. The smallest absolute Gasteiger partial charge is 0.411 e. The van der Waals surface area contributed by atoms with E-state index in [1.165, 1.54) is 0 Å². The predicted octanol–water partition coefficient (Wildman–Crippen LogP) is 2.79. The molecule has 0 unspecified atom stereocenters. The molecule has 1 aromatic rings. The Morgan fingerprint density at radius 3 is 2.92 bits per heavy atom. The van der Waals surface area contributed by atoms with E-state index >= 15 is 0 Å². The molecule has 0 aromatic heterocycles. The van der Waals surface area contributed by atoms with E-state index in [-0.39, 0.29) is 0 Å². The van der Waals surface area contributed by atoms with Crippen molar-refractivity contribution >= 4 is 27.7 Å². The van der Waals surface area contributed by atoms with Crippen molar-refractivity contribution < 1.29 is 9.53 Å². The highest BCUT2D eigenvalue weighted by Gasteiger charge is 1.99. The molecule has 1 radical (unpaired) electrons. The van der Waals surface area contributed by atoms with Crippen LogP contribution in [0.5, 0.6) is 0 Å². The van der Waals surface area contributed by atoms with Crippen molar-refractivity contribution in [3.8, 4) is 0 Å². The minimum absolute atomic E-state index is 0.576. The van der Waals surface area contributed by atoms with Crippen molar-refractivity contribution in [3.05, 3.63) is 35.8 Å². The summed E-state index contributed by atoms with van der Waals surface area (Å²) in [6.07, 6.45) is -0.576. The Balaban J connectivity index is 2.69. The maximum atomic E-state index is 10.7. The summed E-state index contributed by atoms with van der Waals surface area (Å²) >= 11 is 3.27. The first-order valence-corrected chi connectivity index (χ1v) is 4.00. The molecule has 63 valence electrons. The fourth-order valence-corrected chi connectivity index (χ4v) is 1.12. The second-order valence-electron chi connectivity index (χ2n) is 2.07. The Hall–Kier alpha value is -1.03. The average Bonchev–Trinajstić information content (AvgIpc) is 2.04. The predicted molar refractivity (Wildman–Crippen MR) is 49.6 cm³/mol. The number of amides is 1. The topological polar surface area (TPSA) is 38.3 Å². The van der Waals surface area contributed by atoms with Gasteiger partial charge in [-0.15, -0.1) is 0 Å². The molecule has 0 heterocycles. The van der Waals surface area contributed by atoms with E-state index in [0.29, 0.717) is 5.69 Å². The molecule has 1 amide bonds. The van der Waals surface area contributed by atoms with E-state index in [4.69, 9.17) is 0 Å². The summed E-state index contributed by atoms with van der Waals surface area (Å²) in [6, 6.07) is 7.18. The number of benzene rings is 1. The number of hydrogen-bond acceptors (Lipinski definition) is 2. The number of rotatable bonds is 1. The second-order valence-corrected chi connectivity index (χ2v) is 2.98. The number of carbonyl (C=O) groups is 1. The van der Waals surface area contributed by atoms with Crippen LogP contribution in [0, 0.1) is 7.11 Å². The van der Waals surface area contributed by atoms with Crippen LogP contribution in [-0.4, -0.2) is 6.09 Å². The molecule has 0 atom stereocenters. The van der Waals surface area contributed by atoms with E-state index in [2.05, 4.69) is 33.1 Å². The van der Waals surface area contributed by atoms with Crippen molar-refractivity contribution in [3.63, 3.8) is 0 Å². The van der Waals surface area contributed by atoms with E-state index in [9.17, 15) is 4.79 Å². The van der Waals surface area contributed by atoms with Crippen LogP contribution in [0.1, 0.15) is 0 Å². The minimum atomic E-state index is -0.576. The molecular formula is C8H7BrNO2. The molecule has 12 heavy (non-hydrogen) atoms. The first-order chi connectivity index (χ1) is 5.72. The molecule has 1 aromatic carbocycles. The van der Waals surface area contributed by atoms with Gasteiger partial charge in [0.15, 0.2) is 0 Å². The summed E-state index contributed by atoms with van der Waals surface area (Å²) in [5, 5.41) is 2.48. The molecule has 0 saturated heterocycles. The Morgan fingerprint density at radius 2 is 2.33 bits per heavy atom. The van der Waals surface area contributed by atoms with Crippen LogP contribution in [0.4, 0.5) is 10.5 Å². The molecule has 4 heteroatoms. The molecular weight excluding hydrogens is 222 g/mol. The molecule has 0 aliphatic heterocycles. The third kappa shape index (κ3) is 2.54. The number of hydrogen-bond donors (Lipinski definition) is 1. The third-order valence-electron chi connectivity index (χ3n) is 1.20. The molecule has 0 fully saturated rings. The van der Waals surface area contributed by atoms with Crippen molar-refractivity contribution in [2.24, 2.45) is 0 Å². The first kappa shape index (κ1) is 9.06. The van der Waals surface area contributed by atoms with Crippen LogP contribution < -0.4 is 5.32 Å². The van der Waals surface area contributed by atoms with E-state index in [1.54, 1.807) is 12.1 Å². The molecule has 1 N–H and O–H groups in total. The number of ether oxygens (including phenoxy) is 1. The highest BCUT2D eigenvalue weighted by Crippen LogP contribution is 2.15. The van der Waals surface area contributed by atoms with Crippen molar-refractivity contribution in [2.45, 2.75) is 0 Å². The van der Waals surface area contributed by atoms with Gasteiger partial charge in [0.05, 0.1) is 0 Å². The summed E-state index contributed by atoms with van der Waals surface area (Å²) in [4.78, 5) is 10.7. The Morgan fingerprint density at radius 1 is 1.58 bits per heavy atom. The zero-order chi connectivity index (χ0) is 8.97. The second kappa shape index (κ2) is 4.11. The van der Waals surface area contributed by atoms with Gasteiger partial charge in [-0.05, 0) is 18.2 Å². The number of anilines is 1. The van der Waals surface area contributed by atoms with Crippen LogP contribution in [0.2, 0.25) is 0 Å². The van der Waals surface area contributed by atoms with Crippen LogP contribution in [0.25, 0.3) is 0 Å². The summed E-state index contributed by atoms with van der Waals surface area (Å²) in [5.74, 6) is 0. The fourth-order valence-electron chi connectivity index (χ4n) is 0.720. The maximum Gasteiger partial charge on any atom is 0.411 e. The van der Waals surface area contributed by atoms with Gasteiger partial charge in [0, 0.05) is 10.2 Å². The monoisotopic (exact) mass is 228 g/mol. The summed E-state index contributed by atoms with van der Waals surface area (Å²) in [6.45, 7) is 0. The van der Waals surface area contributed by atoms with Gasteiger partial charge in [-0.1, -0.05) is 22.0 Å². The van der Waals surface area contributed by atoms with E-state index in [0.717, 1.165) is 4.47 Å². The highest BCUT2D eigenvalue weighted by molar-refractivity contribution is 9.10. The van der Waals surface area contributed by atoms with E-state index < -0.39 is 6.09 Å². The normalized spacial score (nSPS) is 9.17. The number of halogens is 1. The van der Waals surface area contributed by atoms with Gasteiger partial charge in [0.25, 0.3) is 0 Å². The SMILES string of the molecule is [CH2]OC(=O)Nc1cccc(Br)c1. The standard InChI is InChI=1S/C8H7BrNO2/c1-12-8(11)10-7-4-2-3-6(9)5-7/h2-5H,1H2,(H,10,11). The van der Waals surface area contributed by atoms with Gasteiger partial charge in [0.1, 0.15) is 7.11 Å². The molecule has 0 saturated carbocycles. The van der Waals surface area contributed by atoms with Gasteiger partial charge >= 0.3 is 6.09 Å². The molecule has 0 bridgehead atoms. The number of nitrogens with one attached hydrogen (secondary N) is 1. The van der Waals surface area contributed by atoms with E-state index in [1.807, 2.05) is 12.1 Å². The Bertz CT molecular complexity index is 288. The quantitative estimate of drug-likeness (QED) is 0.803. The molecule has 1 rings (SSSR count). The molecule has 3 nitrogen and oxygen atoms in total. The van der Waals surface area contributed by atoms with Crippen molar-refractivity contribution in [2.75, 3.05) is 5.32 Å². The van der Waals surface area contributed by atoms with Crippen LogP contribution in [-0.2, 0) is 4.74 Å². The maximum absolute atomic E-state index is 10.7. The Kier molecular flexibility index (Phi) is 3.10. The van der Waals surface area contributed by atoms with Gasteiger partial charge in [-0.3, -0.25) is 5.32 Å². The number of carbonyl (C=O) groups excluding carboxylic acids is 1. The van der Waals surface area contributed by atoms with Gasteiger partial charge < -0.3 is 4.74 Å². The minimum Gasteiger partial charge on any atom is -0.446 e. The molecule has 0 spiro atoms. The third-order valence-corrected chi connectivity index (χ3v) is 1.70. The van der Waals surface area contributed by atoms with Gasteiger partial charge in [-0.25, -0.2) is 4.79 Å². The summed E-state index contributed by atoms with van der Waals surface area (Å²) < 4.78 is 5.07. The first-order valence-electron chi connectivity index (χ1n) is 3.21. The van der Waals surface area contributed by atoms with Crippen LogP contribution in [0.15, 0.2) is 28.7 Å². The van der Waals surface area contributed by atoms with Gasteiger partial charge in [-0.2, -0.15) is 0 Å². The lowest BCUT2D eigenvalue weighted by Gasteiger charge is -2.02. The lowest BCUT2D eigenvalue weighted by molar-refractivity contribution is 0.199. The van der Waals surface area contributed by atoms with Crippen molar-refractivity contribution in [1.82, 2.24) is 0 Å². The zero-order valence-corrected chi connectivity index (χ0v) is 7.80. The van der Waals surface area contributed by atoms with Gasteiger partial charge in [0.2, 0.25) is 0 Å². The summed E-state index contributed by atoms with van der Waals surface area (Å²) in [7, 11) is 2.98. The largest absolute Gasteiger partial charge is 0.446 e. The lowest BCUT2D eigenvalue weighted by Crippen LogP contribution is -2.09. The average molecular weight is 229 g/mol. The molecule has 0 aliphatic rings. The van der Waals surface area contributed by atoms with Crippen LogP contribution in [0.3, 0.4) is 0 Å². The fraction of sp³-hybridized carbons (Fsp3) is 0. The van der Waals surface area contributed by atoms with Crippen LogP contribution >= 0.6 is 15.9 Å². The lowest BCUT2D eigenvalue weighted by atomic mass is 10.3. The molecule has 0 aliphatic carbocycles. The zero-order valence-electron chi connectivity index (χ0n) is 6.21.